The van der Waals surface area contributed by atoms with E-state index in [9.17, 15) is 4.39 Å². The highest BCUT2D eigenvalue weighted by Gasteiger charge is 2.15. The standard InChI is InChI=1S/C15H17FN2/c1-2-18(13-8-4-3-5-9-13)15-12(11-17)7-6-10-14(15)16/h3-10H,2,11,17H2,1H3. The molecular formula is C15H17FN2. The highest BCUT2D eigenvalue weighted by molar-refractivity contribution is 5.67. The van der Waals surface area contributed by atoms with Crippen LogP contribution in [0, 0.1) is 5.82 Å². The smallest absolute Gasteiger partial charge is 0.147 e. The van der Waals surface area contributed by atoms with Gasteiger partial charge in [0, 0.05) is 18.8 Å². The van der Waals surface area contributed by atoms with E-state index < -0.39 is 0 Å². The van der Waals surface area contributed by atoms with Crippen molar-refractivity contribution in [2.24, 2.45) is 5.73 Å². The van der Waals surface area contributed by atoms with Crippen molar-refractivity contribution < 1.29 is 4.39 Å². The highest BCUT2D eigenvalue weighted by Crippen LogP contribution is 2.30. The van der Waals surface area contributed by atoms with Crippen LogP contribution in [0.4, 0.5) is 15.8 Å². The number of hydrogen-bond donors (Lipinski definition) is 1. The number of halogens is 1. The topological polar surface area (TPSA) is 29.3 Å². The number of para-hydroxylation sites is 2. The van der Waals surface area contributed by atoms with Gasteiger partial charge in [0.15, 0.2) is 0 Å². The third-order valence-electron chi connectivity index (χ3n) is 2.94. The Kier molecular flexibility index (Phi) is 3.95. The summed E-state index contributed by atoms with van der Waals surface area (Å²) in [4.78, 5) is 1.94. The van der Waals surface area contributed by atoms with E-state index in [-0.39, 0.29) is 5.82 Å². The van der Waals surface area contributed by atoms with Crippen molar-refractivity contribution >= 4 is 11.4 Å². The van der Waals surface area contributed by atoms with Gasteiger partial charge < -0.3 is 10.6 Å². The van der Waals surface area contributed by atoms with Crippen molar-refractivity contribution in [3.63, 3.8) is 0 Å². The Balaban J connectivity index is 2.52. The average molecular weight is 244 g/mol. The van der Waals surface area contributed by atoms with Gasteiger partial charge in [0.25, 0.3) is 0 Å². The molecule has 0 amide bonds. The lowest BCUT2D eigenvalue weighted by Gasteiger charge is -2.26. The molecule has 0 fully saturated rings. The summed E-state index contributed by atoms with van der Waals surface area (Å²) in [5.41, 5.74) is 8.07. The molecule has 0 spiro atoms. The Bertz CT molecular complexity index is 511. The molecule has 94 valence electrons. The molecule has 0 bridgehead atoms. The summed E-state index contributed by atoms with van der Waals surface area (Å²) in [5, 5.41) is 0. The summed E-state index contributed by atoms with van der Waals surface area (Å²) >= 11 is 0. The quantitative estimate of drug-likeness (QED) is 0.892. The van der Waals surface area contributed by atoms with Gasteiger partial charge in [0.05, 0.1) is 5.69 Å². The van der Waals surface area contributed by atoms with Crippen LogP contribution in [-0.2, 0) is 6.54 Å². The molecule has 0 aliphatic rings. The summed E-state index contributed by atoms with van der Waals surface area (Å²) in [5.74, 6) is -0.233. The minimum Gasteiger partial charge on any atom is -0.339 e. The highest BCUT2D eigenvalue weighted by atomic mass is 19.1. The first kappa shape index (κ1) is 12.6. The normalized spacial score (nSPS) is 10.4. The Hall–Kier alpha value is -1.87. The van der Waals surface area contributed by atoms with E-state index in [4.69, 9.17) is 5.73 Å². The second-order valence-corrected chi connectivity index (χ2v) is 4.03. The third-order valence-corrected chi connectivity index (χ3v) is 2.94. The van der Waals surface area contributed by atoms with Crippen molar-refractivity contribution in [1.29, 1.82) is 0 Å². The second-order valence-electron chi connectivity index (χ2n) is 4.03. The minimum atomic E-state index is -0.233. The van der Waals surface area contributed by atoms with E-state index >= 15 is 0 Å². The van der Waals surface area contributed by atoms with E-state index in [0.717, 1.165) is 11.3 Å². The van der Waals surface area contributed by atoms with Crippen LogP contribution in [-0.4, -0.2) is 6.54 Å². The van der Waals surface area contributed by atoms with Crippen LogP contribution in [0.2, 0.25) is 0 Å². The predicted octanol–water partition coefficient (Wildman–Crippen LogP) is 3.44. The van der Waals surface area contributed by atoms with Crippen molar-refractivity contribution in [3.05, 3.63) is 59.9 Å². The molecule has 2 aromatic rings. The Morgan fingerprint density at radius 2 is 1.78 bits per heavy atom. The first-order chi connectivity index (χ1) is 8.77. The molecule has 2 aromatic carbocycles. The SMILES string of the molecule is CCN(c1ccccc1)c1c(F)cccc1CN. The Labute approximate surface area is 107 Å². The van der Waals surface area contributed by atoms with E-state index in [1.165, 1.54) is 6.07 Å². The van der Waals surface area contributed by atoms with Crippen molar-refractivity contribution in [3.8, 4) is 0 Å². The van der Waals surface area contributed by atoms with Crippen LogP contribution in [0.25, 0.3) is 0 Å². The van der Waals surface area contributed by atoms with Gasteiger partial charge in [-0.1, -0.05) is 30.3 Å². The maximum atomic E-state index is 14.1. The first-order valence-electron chi connectivity index (χ1n) is 6.08. The molecule has 0 saturated heterocycles. The zero-order valence-corrected chi connectivity index (χ0v) is 10.4. The molecular weight excluding hydrogens is 227 g/mol. The zero-order chi connectivity index (χ0) is 13.0. The molecule has 0 radical (unpaired) electrons. The summed E-state index contributed by atoms with van der Waals surface area (Å²) in [6, 6.07) is 14.8. The van der Waals surface area contributed by atoms with Gasteiger partial charge in [-0.05, 0) is 30.7 Å². The molecule has 18 heavy (non-hydrogen) atoms. The van der Waals surface area contributed by atoms with Gasteiger partial charge in [-0.2, -0.15) is 0 Å². The summed E-state index contributed by atoms with van der Waals surface area (Å²) in [6.45, 7) is 3.02. The molecule has 2 nitrogen and oxygen atoms in total. The molecule has 0 aliphatic carbocycles. The molecule has 0 unspecified atom stereocenters. The lowest BCUT2D eigenvalue weighted by Crippen LogP contribution is -2.20. The van der Waals surface area contributed by atoms with Crippen molar-refractivity contribution in [1.82, 2.24) is 0 Å². The predicted molar refractivity (Wildman–Crippen MR) is 73.4 cm³/mol. The molecule has 0 aliphatic heterocycles. The molecule has 0 aromatic heterocycles. The average Bonchev–Trinajstić information content (AvgIpc) is 2.42. The molecule has 2 rings (SSSR count). The van der Waals surface area contributed by atoms with Crippen LogP contribution in [0.1, 0.15) is 12.5 Å². The van der Waals surface area contributed by atoms with Gasteiger partial charge in [0.1, 0.15) is 5.82 Å². The molecule has 3 heteroatoms. The fourth-order valence-electron chi connectivity index (χ4n) is 2.10. The minimum absolute atomic E-state index is 0.233. The number of hydrogen-bond acceptors (Lipinski definition) is 2. The molecule has 2 N–H and O–H groups in total. The molecule has 0 atom stereocenters. The summed E-state index contributed by atoms with van der Waals surface area (Å²) < 4.78 is 14.1. The van der Waals surface area contributed by atoms with Crippen molar-refractivity contribution in [2.45, 2.75) is 13.5 Å². The second kappa shape index (κ2) is 5.65. The van der Waals surface area contributed by atoms with E-state index in [2.05, 4.69) is 0 Å². The van der Waals surface area contributed by atoms with Gasteiger partial charge >= 0.3 is 0 Å². The lowest BCUT2D eigenvalue weighted by atomic mass is 10.1. The third kappa shape index (κ3) is 2.36. The number of nitrogens with two attached hydrogens (primary N) is 1. The van der Waals surface area contributed by atoms with Gasteiger partial charge in [-0.25, -0.2) is 4.39 Å². The number of benzene rings is 2. The van der Waals surface area contributed by atoms with Crippen LogP contribution >= 0.6 is 0 Å². The Morgan fingerprint density at radius 1 is 1.06 bits per heavy atom. The first-order valence-corrected chi connectivity index (χ1v) is 6.08. The van der Waals surface area contributed by atoms with Gasteiger partial charge in [0.2, 0.25) is 0 Å². The van der Waals surface area contributed by atoms with E-state index in [0.29, 0.717) is 18.8 Å². The maximum Gasteiger partial charge on any atom is 0.147 e. The van der Waals surface area contributed by atoms with Crippen molar-refractivity contribution in [2.75, 3.05) is 11.4 Å². The molecule has 0 heterocycles. The summed E-state index contributed by atoms with van der Waals surface area (Å²) in [6.07, 6.45) is 0. The number of nitrogens with zero attached hydrogens (tertiary/aromatic N) is 1. The van der Waals surface area contributed by atoms with Gasteiger partial charge in [-0.3, -0.25) is 0 Å². The van der Waals surface area contributed by atoms with Gasteiger partial charge in [-0.15, -0.1) is 0 Å². The fourth-order valence-corrected chi connectivity index (χ4v) is 2.10. The molecule has 0 saturated carbocycles. The van der Waals surface area contributed by atoms with Crippen LogP contribution in [0.15, 0.2) is 48.5 Å². The maximum absolute atomic E-state index is 14.1. The van der Waals surface area contributed by atoms with Crippen LogP contribution in [0.5, 0.6) is 0 Å². The Morgan fingerprint density at radius 3 is 2.39 bits per heavy atom. The largest absolute Gasteiger partial charge is 0.339 e. The summed E-state index contributed by atoms with van der Waals surface area (Å²) in [7, 11) is 0. The number of anilines is 2. The van der Waals surface area contributed by atoms with Crippen LogP contribution < -0.4 is 10.6 Å². The monoisotopic (exact) mass is 244 g/mol. The van der Waals surface area contributed by atoms with E-state index in [1.54, 1.807) is 6.07 Å². The van der Waals surface area contributed by atoms with E-state index in [1.807, 2.05) is 48.2 Å². The van der Waals surface area contributed by atoms with Crippen LogP contribution in [0.3, 0.4) is 0 Å². The fraction of sp³-hybridized carbons (Fsp3) is 0.200. The lowest BCUT2D eigenvalue weighted by molar-refractivity contribution is 0.623. The number of rotatable bonds is 4. The zero-order valence-electron chi connectivity index (χ0n) is 10.4.